The van der Waals surface area contributed by atoms with Crippen molar-refractivity contribution in [2.75, 3.05) is 12.0 Å². The van der Waals surface area contributed by atoms with Crippen molar-refractivity contribution in [3.05, 3.63) is 132 Å². The first-order valence-corrected chi connectivity index (χ1v) is 16.8. The number of nitrogens with two attached hydrogens (primary N) is 1. The van der Waals surface area contributed by atoms with Gasteiger partial charge in [-0.05, 0) is 59.7 Å². The maximum absolute atomic E-state index is 14.7. The summed E-state index contributed by atoms with van der Waals surface area (Å²) in [7, 11) is 1.64. The molecule has 8 heteroatoms. The lowest BCUT2D eigenvalue weighted by Gasteiger charge is -2.33. The van der Waals surface area contributed by atoms with E-state index in [0.29, 0.717) is 23.7 Å². The molecule has 0 spiro atoms. The number of aliphatic imine (C=N–C) groups is 1. The van der Waals surface area contributed by atoms with E-state index in [1.807, 2.05) is 97.1 Å². The second-order valence-corrected chi connectivity index (χ2v) is 12.8. The fraction of sp³-hybridized carbons (Fsp3) is 0.268. The number of hydrogen-bond donors (Lipinski definition) is 2. The number of carbonyl (C=O) groups excluding carboxylic acids is 3. The maximum atomic E-state index is 14.7. The molecule has 0 bridgehead atoms. The summed E-state index contributed by atoms with van der Waals surface area (Å²) in [4.78, 5) is 48.2. The molecule has 0 aromatic heterocycles. The van der Waals surface area contributed by atoms with Gasteiger partial charge < -0.3 is 20.7 Å². The third kappa shape index (κ3) is 7.49. The van der Waals surface area contributed by atoms with Gasteiger partial charge >= 0.3 is 0 Å². The zero-order valence-corrected chi connectivity index (χ0v) is 27.8. The van der Waals surface area contributed by atoms with Gasteiger partial charge in [-0.1, -0.05) is 104 Å². The number of para-hydroxylation sites is 1. The highest BCUT2D eigenvalue weighted by atomic mass is 16.5. The second kappa shape index (κ2) is 15.2. The Hall–Kier alpha value is -5.50. The third-order valence-corrected chi connectivity index (χ3v) is 9.65. The molecule has 3 amide bonds. The topological polar surface area (TPSA) is 114 Å². The first-order valence-electron chi connectivity index (χ1n) is 16.8. The molecular weight excluding hydrogens is 612 g/mol. The third-order valence-electron chi connectivity index (χ3n) is 9.65. The van der Waals surface area contributed by atoms with Crippen LogP contribution in [0.2, 0.25) is 0 Å². The number of primary amides is 1. The van der Waals surface area contributed by atoms with Gasteiger partial charge in [-0.3, -0.25) is 14.4 Å². The van der Waals surface area contributed by atoms with Crippen LogP contribution in [0.4, 0.5) is 5.69 Å². The fourth-order valence-electron chi connectivity index (χ4n) is 6.77. The van der Waals surface area contributed by atoms with Crippen LogP contribution in [0.5, 0.6) is 5.75 Å². The van der Waals surface area contributed by atoms with Crippen LogP contribution in [0.1, 0.15) is 48.8 Å². The van der Waals surface area contributed by atoms with Gasteiger partial charge in [-0.25, -0.2) is 4.99 Å². The summed E-state index contributed by atoms with van der Waals surface area (Å²) in [6, 6.07) is 33.2. The quantitative estimate of drug-likeness (QED) is 0.157. The summed E-state index contributed by atoms with van der Waals surface area (Å²) >= 11 is 0. The number of methoxy groups -OCH3 is 1. The first-order chi connectivity index (χ1) is 23.9. The highest BCUT2D eigenvalue weighted by Gasteiger charge is 2.39. The molecule has 3 unspecified atom stereocenters. The standard InChI is InChI=1S/C41H42N4O4/c1-3-11-33(38(42)46)35(25-27-12-9-13-27)40(47)44-39-41(48)45(26-28-14-10-17-31(24-28)29-20-22-32(49-2)23-21-29)36-19-8-7-18-34(36)37(43-39)30-15-5-4-6-16-30/h3-8,10,14-24,27,33,35,39H,1,9,11-13,25-26H2,2H3,(H2,42,46)(H,44,47). The molecule has 0 radical (unpaired) electrons. The second-order valence-electron chi connectivity index (χ2n) is 12.8. The van der Waals surface area contributed by atoms with Gasteiger partial charge in [0.2, 0.25) is 18.0 Å². The smallest absolute Gasteiger partial charge is 0.272 e. The maximum Gasteiger partial charge on any atom is 0.272 e. The number of ether oxygens (including phenoxy) is 1. The Kier molecular flexibility index (Phi) is 10.3. The van der Waals surface area contributed by atoms with Crippen molar-refractivity contribution >= 4 is 29.1 Å². The van der Waals surface area contributed by atoms with Crippen molar-refractivity contribution in [3.8, 4) is 16.9 Å². The number of rotatable bonds is 13. The Morgan fingerprint density at radius 3 is 2.33 bits per heavy atom. The number of nitrogens with one attached hydrogen (secondary N) is 1. The van der Waals surface area contributed by atoms with E-state index in [1.165, 1.54) is 0 Å². The van der Waals surface area contributed by atoms with Crippen LogP contribution in [-0.4, -0.2) is 36.7 Å². The molecule has 4 aromatic rings. The highest BCUT2D eigenvalue weighted by Crippen LogP contribution is 2.36. The Morgan fingerprint density at radius 2 is 1.65 bits per heavy atom. The lowest BCUT2D eigenvalue weighted by Crippen LogP contribution is -2.51. The van der Waals surface area contributed by atoms with Crippen LogP contribution in [0.15, 0.2) is 121 Å². The molecule has 4 aromatic carbocycles. The van der Waals surface area contributed by atoms with Crippen molar-refractivity contribution < 1.29 is 19.1 Å². The van der Waals surface area contributed by atoms with Gasteiger partial charge in [0, 0.05) is 11.1 Å². The summed E-state index contributed by atoms with van der Waals surface area (Å²) in [6.45, 7) is 4.05. The molecule has 1 saturated carbocycles. The van der Waals surface area contributed by atoms with Crippen LogP contribution < -0.4 is 20.7 Å². The Labute approximate surface area is 287 Å². The average molecular weight is 655 g/mol. The van der Waals surface area contributed by atoms with Crippen LogP contribution in [0, 0.1) is 17.8 Å². The summed E-state index contributed by atoms with van der Waals surface area (Å²) in [5.74, 6) is -1.66. The molecule has 1 fully saturated rings. The number of nitrogens with zero attached hydrogens (tertiary/aromatic N) is 2. The van der Waals surface area contributed by atoms with Crippen molar-refractivity contribution in [3.63, 3.8) is 0 Å². The summed E-state index contributed by atoms with van der Waals surface area (Å²) in [5.41, 5.74) is 11.6. The number of amides is 3. The van der Waals surface area contributed by atoms with Crippen LogP contribution in [-0.2, 0) is 20.9 Å². The number of benzene rings is 4. The van der Waals surface area contributed by atoms with Gasteiger partial charge in [0.1, 0.15) is 5.75 Å². The van der Waals surface area contributed by atoms with E-state index in [4.69, 9.17) is 15.5 Å². The lowest BCUT2D eigenvalue weighted by molar-refractivity contribution is -0.136. The van der Waals surface area contributed by atoms with Gasteiger partial charge in [0.05, 0.1) is 36.9 Å². The van der Waals surface area contributed by atoms with E-state index in [9.17, 15) is 14.4 Å². The molecule has 1 aliphatic heterocycles. The molecular formula is C41H42N4O4. The van der Waals surface area contributed by atoms with E-state index >= 15 is 0 Å². The predicted molar refractivity (Wildman–Crippen MR) is 193 cm³/mol. The highest BCUT2D eigenvalue weighted by molar-refractivity contribution is 6.20. The number of allylic oxidation sites excluding steroid dienone is 1. The van der Waals surface area contributed by atoms with E-state index in [-0.39, 0.29) is 18.9 Å². The molecule has 250 valence electrons. The number of anilines is 1. The fourth-order valence-corrected chi connectivity index (χ4v) is 6.77. The van der Waals surface area contributed by atoms with E-state index in [2.05, 4.69) is 18.0 Å². The predicted octanol–water partition coefficient (Wildman–Crippen LogP) is 6.67. The number of benzodiazepines with no additional fused rings is 1. The molecule has 2 aliphatic rings. The Bertz CT molecular complexity index is 1850. The number of fused-ring (bicyclic) bond motifs is 1. The molecule has 8 nitrogen and oxygen atoms in total. The number of hydrogen-bond acceptors (Lipinski definition) is 5. The van der Waals surface area contributed by atoms with Crippen LogP contribution in [0.25, 0.3) is 11.1 Å². The summed E-state index contributed by atoms with van der Waals surface area (Å²) < 4.78 is 5.33. The zero-order valence-electron chi connectivity index (χ0n) is 27.8. The van der Waals surface area contributed by atoms with Crippen molar-refractivity contribution in [1.29, 1.82) is 0 Å². The monoisotopic (exact) mass is 654 g/mol. The van der Waals surface area contributed by atoms with E-state index in [1.54, 1.807) is 18.1 Å². The average Bonchev–Trinajstić information content (AvgIpc) is 3.22. The van der Waals surface area contributed by atoms with Crippen molar-refractivity contribution in [2.45, 2.75) is 44.8 Å². The minimum Gasteiger partial charge on any atom is -0.497 e. The lowest BCUT2D eigenvalue weighted by atomic mass is 9.74. The first kappa shape index (κ1) is 33.4. The largest absolute Gasteiger partial charge is 0.497 e. The molecule has 3 N–H and O–H groups in total. The van der Waals surface area contributed by atoms with E-state index < -0.39 is 29.8 Å². The van der Waals surface area contributed by atoms with Gasteiger partial charge in [0.15, 0.2) is 0 Å². The van der Waals surface area contributed by atoms with E-state index in [0.717, 1.165) is 52.8 Å². The normalized spacial score (nSPS) is 17.1. The molecule has 0 saturated heterocycles. The minimum atomic E-state index is -1.24. The molecule has 49 heavy (non-hydrogen) atoms. The Balaban J connectivity index is 1.39. The van der Waals surface area contributed by atoms with Gasteiger partial charge in [-0.15, -0.1) is 6.58 Å². The zero-order chi connectivity index (χ0) is 34.3. The van der Waals surface area contributed by atoms with Gasteiger partial charge in [-0.2, -0.15) is 0 Å². The molecule has 6 rings (SSSR count). The molecule has 3 atom stereocenters. The minimum absolute atomic E-state index is 0.246. The van der Waals surface area contributed by atoms with Gasteiger partial charge in [0.25, 0.3) is 5.91 Å². The van der Waals surface area contributed by atoms with Crippen LogP contribution >= 0.6 is 0 Å². The molecule has 1 heterocycles. The summed E-state index contributed by atoms with van der Waals surface area (Å²) in [5, 5.41) is 2.98. The van der Waals surface area contributed by atoms with Crippen LogP contribution in [0.3, 0.4) is 0 Å². The Morgan fingerprint density at radius 1 is 0.939 bits per heavy atom. The number of carbonyl (C=O) groups is 3. The summed E-state index contributed by atoms with van der Waals surface area (Å²) in [6.07, 6.45) is 4.28. The molecule has 1 aliphatic carbocycles. The van der Waals surface area contributed by atoms with Crippen molar-refractivity contribution in [1.82, 2.24) is 5.32 Å². The SMILES string of the molecule is C=CCC(C(N)=O)C(CC1CCC1)C(=O)NC1N=C(c2ccccc2)c2ccccc2N(Cc2cccc(-c3ccc(OC)cc3)c2)C1=O. The van der Waals surface area contributed by atoms with Crippen molar-refractivity contribution in [2.24, 2.45) is 28.5 Å².